The van der Waals surface area contributed by atoms with Gasteiger partial charge in [-0.25, -0.2) is 0 Å². The van der Waals surface area contributed by atoms with E-state index in [1.165, 1.54) is 16.7 Å². The van der Waals surface area contributed by atoms with Crippen LogP contribution in [0.25, 0.3) is 0 Å². The van der Waals surface area contributed by atoms with Gasteiger partial charge in [0, 0.05) is 18.2 Å². The smallest absolute Gasteiger partial charge is 0.105 e. The van der Waals surface area contributed by atoms with Crippen LogP contribution in [-0.4, -0.2) is 0 Å². The number of rotatable bonds is 5. The third kappa shape index (κ3) is 3.27. The minimum absolute atomic E-state index is 0.308. The number of hydrogen-bond acceptors (Lipinski definition) is 2. The van der Waals surface area contributed by atoms with Gasteiger partial charge in [-0.1, -0.05) is 31.2 Å². The first-order valence-corrected chi connectivity index (χ1v) is 6.99. The lowest BCUT2D eigenvalue weighted by Gasteiger charge is -2.15. The van der Waals surface area contributed by atoms with Crippen LogP contribution in [0.4, 0.5) is 0 Å². The fraction of sp³-hybridized carbons (Fsp3) is 0.412. The van der Waals surface area contributed by atoms with Gasteiger partial charge in [0.1, 0.15) is 11.5 Å². The van der Waals surface area contributed by atoms with Gasteiger partial charge in [-0.05, 0) is 44.4 Å². The summed E-state index contributed by atoms with van der Waals surface area (Å²) in [5.41, 5.74) is 4.06. The second-order valence-corrected chi connectivity index (χ2v) is 5.09. The molecule has 1 unspecified atom stereocenters. The van der Waals surface area contributed by atoms with E-state index in [9.17, 15) is 0 Å². The Morgan fingerprint density at radius 2 is 1.84 bits per heavy atom. The Hall–Kier alpha value is -1.54. The number of hydrogen-bond donors (Lipinski definition) is 1. The maximum absolute atomic E-state index is 5.59. The summed E-state index contributed by atoms with van der Waals surface area (Å²) in [7, 11) is 0. The molecule has 2 heteroatoms. The summed E-state index contributed by atoms with van der Waals surface area (Å²) in [6.45, 7) is 9.31. The van der Waals surface area contributed by atoms with E-state index < -0.39 is 0 Å². The molecule has 0 saturated heterocycles. The van der Waals surface area contributed by atoms with Gasteiger partial charge >= 0.3 is 0 Å². The Balaban J connectivity index is 2.04. The van der Waals surface area contributed by atoms with Crippen LogP contribution in [0.3, 0.4) is 0 Å². The minimum atomic E-state index is 0.308. The summed E-state index contributed by atoms with van der Waals surface area (Å²) in [6, 6.07) is 11.0. The highest BCUT2D eigenvalue weighted by atomic mass is 16.3. The summed E-state index contributed by atoms with van der Waals surface area (Å²) >= 11 is 0. The zero-order valence-corrected chi connectivity index (χ0v) is 12.3. The topological polar surface area (TPSA) is 25.2 Å². The molecule has 0 spiro atoms. The van der Waals surface area contributed by atoms with Crippen molar-refractivity contribution in [2.75, 3.05) is 0 Å². The average molecular weight is 257 g/mol. The molecule has 1 N–H and O–H groups in total. The Morgan fingerprint density at radius 3 is 2.42 bits per heavy atom. The van der Waals surface area contributed by atoms with Crippen LogP contribution in [0, 0.1) is 13.8 Å². The van der Waals surface area contributed by atoms with Crippen LogP contribution >= 0.6 is 0 Å². The largest absolute Gasteiger partial charge is 0.466 e. The Kier molecular flexibility index (Phi) is 4.43. The van der Waals surface area contributed by atoms with Crippen LogP contribution in [0.1, 0.15) is 48.1 Å². The van der Waals surface area contributed by atoms with Crippen LogP contribution in [0.2, 0.25) is 0 Å². The number of benzene rings is 1. The summed E-state index contributed by atoms with van der Waals surface area (Å²) in [5.74, 6) is 2.00. The monoisotopic (exact) mass is 257 g/mol. The molecule has 0 amide bonds. The lowest BCUT2D eigenvalue weighted by atomic mass is 10.0. The Labute approximate surface area is 115 Å². The van der Waals surface area contributed by atoms with Crippen molar-refractivity contribution in [1.29, 1.82) is 0 Å². The molecule has 0 aliphatic heterocycles. The Morgan fingerprint density at radius 1 is 1.16 bits per heavy atom. The molecule has 102 valence electrons. The zero-order chi connectivity index (χ0) is 13.8. The molecule has 0 saturated carbocycles. The van der Waals surface area contributed by atoms with Gasteiger partial charge in [0.05, 0.1) is 0 Å². The summed E-state index contributed by atoms with van der Waals surface area (Å²) < 4.78 is 5.59. The number of nitrogens with one attached hydrogen (secondary N) is 1. The molecule has 2 aromatic rings. The molecular formula is C17H23NO. The minimum Gasteiger partial charge on any atom is -0.466 e. The molecule has 2 rings (SSSR count). The summed E-state index contributed by atoms with van der Waals surface area (Å²) in [4.78, 5) is 0. The molecule has 0 aliphatic carbocycles. The van der Waals surface area contributed by atoms with Gasteiger partial charge < -0.3 is 9.73 Å². The van der Waals surface area contributed by atoms with E-state index in [0.717, 1.165) is 24.5 Å². The Bertz CT molecular complexity index is 542. The molecule has 19 heavy (non-hydrogen) atoms. The van der Waals surface area contributed by atoms with Crippen molar-refractivity contribution in [2.24, 2.45) is 0 Å². The van der Waals surface area contributed by atoms with E-state index in [4.69, 9.17) is 4.42 Å². The van der Waals surface area contributed by atoms with E-state index in [2.05, 4.69) is 49.5 Å². The lowest BCUT2D eigenvalue weighted by molar-refractivity contribution is 0.489. The quantitative estimate of drug-likeness (QED) is 0.863. The summed E-state index contributed by atoms with van der Waals surface area (Å²) in [5, 5.41) is 3.58. The molecule has 1 aromatic carbocycles. The van der Waals surface area contributed by atoms with E-state index in [1.54, 1.807) is 0 Å². The zero-order valence-electron chi connectivity index (χ0n) is 12.3. The highest BCUT2D eigenvalue weighted by Gasteiger charge is 2.12. The third-order valence-corrected chi connectivity index (χ3v) is 3.64. The SMILES string of the molecule is CCc1ccccc1CNC(C)c1cc(C)oc1C. The molecular weight excluding hydrogens is 234 g/mol. The standard InChI is InChI=1S/C17H23NO/c1-5-15-8-6-7-9-16(15)11-18-13(3)17-10-12(2)19-14(17)4/h6-10,13,18H,5,11H2,1-4H3. The molecule has 0 bridgehead atoms. The fourth-order valence-corrected chi connectivity index (χ4v) is 2.53. The van der Waals surface area contributed by atoms with E-state index in [-0.39, 0.29) is 0 Å². The lowest BCUT2D eigenvalue weighted by Crippen LogP contribution is -2.19. The van der Waals surface area contributed by atoms with Crippen molar-refractivity contribution in [2.45, 2.75) is 46.7 Å². The third-order valence-electron chi connectivity index (χ3n) is 3.64. The van der Waals surface area contributed by atoms with Gasteiger partial charge in [0.15, 0.2) is 0 Å². The first kappa shape index (κ1) is 13.9. The summed E-state index contributed by atoms with van der Waals surface area (Å²) in [6.07, 6.45) is 1.08. The molecule has 2 nitrogen and oxygen atoms in total. The van der Waals surface area contributed by atoms with Gasteiger partial charge in [0.25, 0.3) is 0 Å². The van der Waals surface area contributed by atoms with Crippen molar-refractivity contribution < 1.29 is 4.42 Å². The van der Waals surface area contributed by atoms with Crippen LogP contribution in [0.5, 0.6) is 0 Å². The van der Waals surface area contributed by atoms with Crippen molar-refractivity contribution in [3.8, 4) is 0 Å². The van der Waals surface area contributed by atoms with Gasteiger partial charge in [-0.2, -0.15) is 0 Å². The van der Waals surface area contributed by atoms with E-state index >= 15 is 0 Å². The maximum Gasteiger partial charge on any atom is 0.105 e. The predicted molar refractivity (Wildman–Crippen MR) is 79.3 cm³/mol. The maximum atomic E-state index is 5.59. The van der Waals surface area contributed by atoms with E-state index in [1.807, 2.05) is 13.8 Å². The van der Waals surface area contributed by atoms with Gasteiger partial charge in [-0.3, -0.25) is 0 Å². The normalized spacial score (nSPS) is 12.6. The molecule has 0 radical (unpaired) electrons. The van der Waals surface area contributed by atoms with Gasteiger partial charge in [0.2, 0.25) is 0 Å². The van der Waals surface area contributed by atoms with Crippen LogP contribution < -0.4 is 5.32 Å². The number of aryl methyl sites for hydroxylation is 3. The molecule has 1 heterocycles. The van der Waals surface area contributed by atoms with Crippen LogP contribution in [-0.2, 0) is 13.0 Å². The van der Waals surface area contributed by atoms with Crippen molar-refractivity contribution in [1.82, 2.24) is 5.32 Å². The van der Waals surface area contributed by atoms with Crippen molar-refractivity contribution >= 4 is 0 Å². The average Bonchev–Trinajstić information content (AvgIpc) is 2.75. The second kappa shape index (κ2) is 6.07. The van der Waals surface area contributed by atoms with Gasteiger partial charge in [-0.15, -0.1) is 0 Å². The molecule has 1 atom stereocenters. The molecule has 0 fully saturated rings. The van der Waals surface area contributed by atoms with E-state index in [0.29, 0.717) is 6.04 Å². The second-order valence-electron chi connectivity index (χ2n) is 5.09. The number of furan rings is 1. The first-order valence-electron chi connectivity index (χ1n) is 6.99. The first-order chi connectivity index (χ1) is 9.11. The van der Waals surface area contributed by atoms with Crippen LogP contribution in [0.15, 0.2) is 34.7 Å². The van der Waals surface area contributed by atoms with Crippen molar-refractivity contribution in [3.05, 3.63) is 58.5 Å². The highest BCUT2D eigenvalue weighted by molar-refractivity contribution is 5.28. The highest BCUT2D eigenvalue weighted by Crippen LogP contribution is 2.21. The fourth-order valence-electron chi connectivity index (χ4n) is 2.53. The predicted octanol–water partition coefficient (Wildman–Crippen LogP) is 4.31. The van der Waals surface area contributed by atoms with Crippen molar-refractivity contribution in [3.63, 3.8) is 0 Å². The molecule has 1 aromatic heterocycles. The molecule has 0 aliphatic rings.